The van der Waals surface area contributed by atoms with Crippen LogP contribution in [0.15, 0.2) is 28.7 Å². The van der Waals surface area contributed by atoms with E-state index in [1.165, 1.54) is 12.8 Å². The Morgan fingerprint density at radius 1 is 1.38 bits per heavy atom. The van der Waals surface area contributed by atoms with Crippen molar-refractivity contribution in [2.45, 2.75) is 43.9 Å². The standard InChI is InChI=1S/C17H21ClO2S/c1-3-13(11-6-4-5-7-11)16(17(19)20)12-8-9-15(21-2)14(18)10-12/h8-11H,3-7H2,1-2H3,(H,19,20). The Morgan fingerprint density at radius 2 is 2.05 bits per heavy atom. The number of thioether (sulfide) groups is 1. The molecule has 1 aromatic carbocycles. The minimum absolute atomic E-state index is 0.417. The number of allylic oxidation sites excluding steroid dienone is 1. The van der Waals surface area contributed by atoms with Crippen LogP contribution in [0, 0.1) is 5.92 Å². The van der Waals surface area contributed by atoms with Gasteiger partial charge in [-0.1, -0.05) is 43.0 Å². The molecule has 0 unspecified atom stereocenters. The van der Waals surface area contributed by atoms with Gasteiger partial charge in [0.25, 0.3) is 0 Å². The highest BCUT2D eigenvalue weighted by Gasteiger charge is 2.25. The molecule has 4 heteroatoms. The van der Waals surface area contributed by atoms with Crippen molar-refractivity contribution in [3.05, 3.63) is 34.4 Å². The van der Waals surface area contributed by atoms with E-state index in [4.69, 9.17) is 11.6 Å². The molecule has 0 aliphatic heterocycles. The van der Waals surface area contributed by atoms with Gasteiger partial charge in [0.2, 0.25) is 0 Å². The summed E-state index contributed by atoms with van der Waals surface area (Å²) >= 11 is 7.82. The predicted molar refractivity (Wildman–Crippen MR) is 90.0 cm³/mol. The number of rotatable bonds is 5. The second kappa shape index (κ2) is 7.37. The van der Waals surface area contributed by atoms with Crippen LogP contribution in [-0.4, -0.2) is 17.3 Å². The van der Waals surface area contributed by atoms with Crippen molar-refractivity contribution in [1.29, 1.82) is 0 Å². The van der Waals surface area contributed by atoms with E-state index >= 15 is 0 Å². The molecule has 1 saturated carbocycles. The molecule has 0 saturated heterocycles. The molecule has 0 aromatic heterocycles. The van der Waals surface area contributed by atoms with Gasteiger partial charge in [-0.2, -0.15) is 0 Å². The highest BCUT2D eigenvalue weighted by molar-refractivity contribution is 7.98. The molecule has 1 N–H and O–H groups in total. The predicted octanol–water partition coefficient (Wildman–Crippen LogP) is 5.50. The zero-order valence-corrected chi connectivity index (χ0v) is 14.1. The van der Waals surface area contributed by atoms with Gasteiger partial charge in [0, 0.05) is 4.90 Å². The molecule has 1 fully saturated rings. The third-order valence-electron chi connectivity index (χ3n) is 4.20. The van der Waals surface area contributed by atoms with E-state index in [-0.39, 0.29) is 0 Å². The van der Waals surface area contributed by atoms with E-state index in [0.717, 1.165) is 35.3 Å². The van der Waals surface area contributed by atoms with E-state index in [0.29, 0.717) is 16.5 Å². The summed E-state index contributed by atoms with van der Waals surface area (Å²) in [5.74, 6) is -0.424. The molecule has 0 atom stereocenters. The lowest BCUT2D eigenvalue weighted by Gasteiger charge is -2.18. The molecule has 1 aliphatic carbocycles. The summed E-state index contributed by atoms with van der Waals surface area (Å²) in [6.45, 7) is 2.05. The summed E-state index contributed by atoms with van der Waals surface area (Å²) in [5, 5.41) is 10.3. The second-order valence-electron chi connectivity index (χ2n) is 5.39. The zero-order valence-electron chi connectivity index (χ0n) is 12.5. The molecule has 1 aromatic rings. The van der Waals surface area contributed by atoms with E-state index in [1.54, 1.807) is 17.8 Å². The molecule has 0 amide bonds. The van der Waals surface area contributed by atoms with Gasteiger partial charge in [-0.15, -0.1) is 11.8 Å². The summed E-state index contributed by atoms with van der Waals surface area (Å²) in [7, 11) is 0. The largest absolute Gasteiger partial charge is 0.478 e. The highest BCUT2D eigenvalue weighted by atomic mass is 35.5. The van der Waals surface area contributed by atoms with Gasteiger partial charge in [0.1, 0.15) is 0 Å². The molecule has 0 spiro atoms. The van der Waals surface area contributed by atoms with E-state index < -0.39 is 5.97 Å². The third kappa shape index (κ3) is 3.64. The summed E-state index contributed by atoms with van der Waals surface area (Å²) in [5.41, 5.74) is 2.26. The van der Waals surface area contributed by atoms with Crippen molar-refractivity contribution >= 4 is 34.9 Å². The number of benzene rings is 1. The van der Waals surface area contributed by atoms with Crippen LogP contribution in [-0.2, 0) is 4.79 Å². The van der Waals surface area contributed by atoms with Crippen LogP contribution in [0.3, 0.4) is 0 Å². The lowest BCUT2D eigenvalue weighted by Crippen LogP contribution is -2.09. The maximum Gasteiger partial charge on any atom is 0.336 e. The number of halogens is 1. The number of carboxylic acids is 1. The molecular formula is C17H21ClO2S. The fourth-order valence-corrected chi connectivity index (χ4v) is 4.08. The van der Waals surface area contributed by atoms with Crippen molar-refractivity contribution in [1.82, 2.24) is 0 Å². The SMILES string of the molecule is CCC(=C(C(=O)O)c1ccc(SC)c(Cl)c1)C1CCCC1. The maximum absolute atomic E-state index is 11.8. The highest BCUT2D eigenvalue weighted by Crippen LogP contribution is 2.38. The van der Waals surface area contributed by atoms with Crippen LogP contribution < -0.4 is 0 Å². The van der Waals surface area contributed by atoms with E-state index in [2.05, 4.69) is 6.92 Å². The van der Waals surface area contributed by atoms with Crippen molar-refractivity contribution in [2.24, 2.45) is 5.92 Å². The van der Waals surface area contributed by atoms with Crippen LogP contribution in [0.2, 0.25) is 5.02 Å². The smallest absolute Gasteiger partial charge is 0.336 e. The Labute approximate surface area is 135 Å². The van der Waals surface area contributed by atoms with E-state index in [9.17, 15) is 9.90 Å². The monoisotopic (exact) mass is 324 g/mol. The van der Waals surface area contributed by atoms with Gasteiger partial charge in [-0.3, -0.25) is 0 Å². The number of carboxylic acid groups (broad SMARTS) is 1. The number of hydrogen-bond acceptors (Lipinski definition) is 2. The van der Waals surface area contributed by atoms with Gasteiger partial charge in [0.15, 0.2) is 0 Å². The van der Waals surface area contributed by atoms with Crippen molar-refractivity contribution in [3.63, 3.8) is 0 Å². The molecule has 2 nitrogen and oxygen atoms in total. The number of aliphatic carboxylic acids is 1. The molecule has 0 heterocycles. The first-order valence-corrected chi connectivity index (χ1v) is 8.99. The molecule has 1 aliphatic rings. The van der Waals surface area contributed by atoms with Crippen molar-refractivity contribution in [3.8, 4) is 0 Å². The van der Waals surface area contributed by atoms with Crippen molar-refractivity contribution in [2.75, 3.05) is 6.26 Å². The van der Waals surface area contributed by atoms with Crippen LogP contribution >= 0.6 is 23.4 Å². The molecule has 114 valence electrons. The van der Waals surface area contributed by atoms with Crippen LogP contribution in [0.1, 0.15) is 44.6 Å². The maximum atomic E-state index is 11.8. The zero-order chi connectivity index (χ0) is 15.4. The Kier molecular flexibility index (Phi) is 5.77. The second-order valence-corrected chi connectivity index (χ2v) is 6.64. The summed E-state index contributed by atoms with van der Waals surface area (Å²) in [6.07, 6.45) is 7.37. The molecular weight excluding hydrogens is 304 g/mol. The number of hydrogen-bond donors (Lipinski definition) is 1. The normalized spacial score (nSPS) is 16.9. The first-order valence-electron chi connectivity index (χ1n) is 7.38. The molecule has 0 bridgehead atoms. The quantitative estimate of drug-likeness (QED) is 0.574. The molecule has 2 rings (SSSR count). The average Bonchev–Trinajstić information content (AvgIpc) is 2.98. The first-order chi connectivity index (χ1) is 10.1. The topological polar surface area (TPSA) is 37.3 Å². The summed E-state index contributed by atoms with van der Waals surface area (Å²) < 4.78 is 0. The lowest BCUT2D eigenvalue weighted by atomic mass is 9.87. The Balaban J connectivity index is 2.51. The van der Waals surface area contributed by atoms with Gasteiger partial charge in [0.05, 0.1) is 10.6 Å². The van der Waals surface area contributed by atoms with Gasteiger partial charge in [-0.25, -0.2) is 4.79 Å². The van der Waals surface area contributed by atoms with Gasteiger partial charge >= 0.3 is 5.97 Å². The Hall–Kier alpha value is -0.930. The first kappa shape index (κ1) is 16.4. The fourth-order valence-electron chi connectivity index (χ4n) is 3.21. The molecule has 21 heavy (non-hydrogen) atoms. The molecule has 0 radical (unpaired) electrons. The minimum atomic E-state index is -0.841. The average molecular weight is 325 g/mol. The minimum Gasteiger partial charge on any atom is -0.478 e. The summed E-state index contributed by atoms with van der Waals surface area (Å²) in [6, 6.07) is 5.58. The fraction of sp³-hybridized carbons (Fsp3) is 0.471. The summed E-state index contributed by atoms with van der Waals surface area (Å²) in [4.78, 5) is 12.8. The third-order valence-corrected chi connectivity index (χ3v) is 5.42. The van der Waals surface area contributed by atoms with Crippen LogP contribution in [0.5, 0.6) is 0 Å². The Morgan fingerprint density at radius 3 is 2.52 bits per heavy atom. The van der Waals surface area contributed by atoms with Gasteiger partial charge in [-0.05, 0) is 49.1 Å². The van der Waals surface area contributed by atoms with Crippen LogP contribution in [0.4, 0.5) is 0 Å². The lowest BCUT2D eigenvalue weighted by molar-refractivity contribution is -0.130. The number of carbonyl (C=O) groups is 1. The Bertz CT molecular complexity index is 560. The van der Waals surface area contributed by atoms with E-state index in [1.807, 2.05) is 18.4 Å². The van der Waals surface area contributed by atoms with Gasteiger partial charge < -0.3 is 5.11 Å². The van der Waals surface area contributed by atoms with Crippen LogP contribution in [0.25, 0.3) is 5.57 Å². The van der Waals surface area contributed by atoms with Crippen molar-refractivity contribution < 1.29 is 9.90 Å².